The number of hydrogen-bond donors (Lipinski definition) is 1. The SMILES string of the molecule is CC1=CC(C)CC(CNc2ccc(C(F)(F)F)nc2)C1. The fourth-order valence-electron chi connectivity index (χ4n) is 2.77. The van der Waals surface area contributed by atoms with E-state index in [-0.39, 0.29) is 0 Å². The van der Waals surface area contributed by atoms with Crippen LogP contribution >= 0.6 is 0 Å². The molecule has 1 aromatic rings. The topological polar surface area (TPSA) is 24.9 Å². The van der Waals surface area contributed by atoms with Crippen LogP contribution in [0.3, 0.4) is 0 Å². The summed E-state index contributed by atoms with van der Waals surface area (Å²) in [5.74, 6) is 1.10. The third-order valence-corrected chi connectivity index (χ3v) is 3.53. The molecule has 1 aromatic heterocycles. The van der Waals surface area contributed by atoms with Gasteiger partial charge < -0.3 is 5.32 Å². The van der Waals surface area contributed by atoms with Crippen molar-refractivity contribution in [3.05, 3.63) is 35.7 Å². The molecule has 2 rings (SSSR count). The first-order chi connectivity index (χ1) is 9.34. The van der Waals surface area contributed by atoms with Crippen LogP contribution in [0.5, 0.6) is 0 Å². The molecule has 110 valence electrons. The second kappa shape index (κ2) is 5.85. The predicted octanol–water partition coefficient (Wildman–Crippen LogP) is 4.50. The van der Waals surface area contributed by atoms with Crippen molar-refractivity contribution >= 4 is 5.69 Å². The molecule has 0 fully saturated rings. The zero-order chi connectivity index (χ0) is 14.8. The van der Waals surface area contributed by atoms with Gasteiger partial charge in [-0.15, -0.1) is 0 Å². The second-order valence-corrected chi connectivity index (χ2v) is 5.61. The first-order valence-corrected chi connectivity index (χ1v) is 6.79. The molecule has 0 saturated heterocycles. The number of hydrogen-bond acceptors (Lipinski definition) is 2. The lowest BCUT2D eigenvalue weighted by molar-refractivity contribution is -0.141. The van der Waals surface area contributed by atoms with Crippen molar-refractivity contribution in [3.8, 4) is 0 Å². The Morgan fingerprint density at radius 2 is 2.10 bits per heavy atom. The lowest BCUT2D eigenvalue weighted by Crippen LogP contribution is -2.20. The Bertz CT molecular complexity index is 477. The lowest BCUT2D eigenvalue weighted by Gasteiger charge is -2.25. The standard InChI is InChI=1S/C15H19F3N2/c1-10-5-11(2)7-12(6-10)8-19-13-3-4-14(20-9-13)15(16,17)18/h3-5,9-10,12,19H,6-8H2,1-2H3. The van der Waals surface area contributed by atoms with E-state index in [0.717, 1.165) is 25.5 Å². The maximum Gasteiger partial charge on any atom is 0.433 e. The molecule has 0 radical (unpaired) electrons. The van der Waals surface area contributed by atoms with Crippen molar-refractivity contribution in [2.45, 2.75) is 32.9 Å². The monoisotopic (exact) mass is 284 g/mol. The maximum absolute atomic E-state index is 12.4. The van der Waals surface area contributed by atoms with Gasteiger partial charge in [-0.1, -0.05) is 18.6 Å². The summed E-state index contributed by atoms with van der Waals surface area (Å²) in [5.41, 5.74) is 1.17. The van der Waals surface area contributed by atoms with E-state index in [2.05, 4.69) is 30.2 Å². The van der Waals surface area contributed by atoms with E-state index in [9.17, 15) is 13.2 Å². The van der Waals surface area contributed by atoms with Crippen molar-refractivity contribution < 1.29 is 13.2 Å². The van der Waals surface area contributed by atoms with E-state index in [1.54, 1.807) is 0 Å². The highest BCUT2D eigenvalue weighted by Crippen LogP contribution is 2.29. The van der Waals surface area contributed by atoms with Gasteiger partial charge in [0.2, 0.25) is 0 Å². The highest BCUT2D eigenvalue weighted by molar-refractivity contribution is 5.41. The third-order valence-electron chi connectivity index (χ3n) is 3.53. The number of allylic oxidation sites excluding steroid dienone is 2. The van der Waals surface area contributed by atoms with Crippen LogP contribution in [0.2, 0.25) is 0 Å². The van der Waals surface area contributed by atoms with E-state index >= 15 is 0 Å². The smallest absolute Gasteiger partial charge is 0.384 e. The van der Waals surface area contributed by atoms with Crippen LogP contribution in [0.15, 0.2) is 30.0 Å². The largest absolute Gasteiger partial charge is 0.433 e. The second-order valence-electron chi connectivity index (χ2n) is 5.61. The molecule has 2 atom stereocenters. The minimum Gasteiger partial charge on any atom is -0.384 e. The molecule has 1 aliphatic carbocycles. The highest BCUT2D eigenvalue weighted by Gasteiger charge is 2.32. The summed E-state index contributed by atoms with van der Waals surface area (Å²) < 4.78 is 37.2. The van der Waals surface area contributed by atoms with Gasteiger partial charge in [-0.2, -0.15) is 13.2 Å². The average molecular weight is 284 g/mol. The van der Waals surface area contributed by atoms with Gasteiger partial charge >= 0.3 is 6.18 Å². The van der Waals surface area contributed by atoms with Gasteiger partial charge in [0.25, 0.3) is 0 Å². The van der Waals surface area contributed by atoms with E-state index in [0.29, 0.717) is 17.5 Å². The van der Waals surface area contributed by atoms with Crippen molar-refractivity contribution in [2.75, 3.05) is 11.9 Å². The zero-order valence-electron chi connectivity index (χ0n) is 11.7. The average Bonchev–Trinajstić information content (AvgIpc) is 2.35. The van der Waals surface area contributed by atoms with Gasteiger partial charge in [-0.3, -0.25) is 0 Å². The zero-order valence-corrected chi connectivity index (χ0v) is 11.7. The number of pyridine rings is 1. The Balaban J connectivity index is 1.90. The van der Waals surface area contributed by atoms with Gasteiger partial charge in [0.1, 0.15) is 5.69 Å². The summed E-state index contributed by atoms with van der Waals surface area (Å²) >= 11 is 0. The first-order valence-electron chi connectivity index (χ1n) is 6.79. The minimum atomic E-state index is -4.38. The summed E-state index contributed by atoms with van der Waals surface area (Å²) in [5, 5.41) is 3.18. The van der Waals surface area contributed by atoms with Crippen LogP contribution in [-0.4, -0.2) is 11.5 Å². The predicted molar refractivity (Wildman–Crippen MR) is 73.4 cm³/mol. The number of anilines is 1. The summed E-state index contributed by atoms with van der Waals surface area (Å²) in [7, 11) is 0. The molecule has 0 spiro atoms. The third kappa shape index (κ3) is 3.99. The highest BCUT2D eigenvalue weighted by atomic mass is 19.4. The van der Waals surface area contributed by atoms with Crippen LogP contribution in [0.4, 0.5) is 18.9 Å². The summed E-state index contributed by atoms with van der Waals surface area (Å²) in [4.78, 5) is 3.44. The van der Waals surface area contributed by atoms with Crippen LogP contribution in [0.25, 0.3) is 0 Å². The molecule has 2 nitrogen and oxygen atoms in total. The van der Waals surface area contributed by atoms with Gasteiger partial charge in [0.15, 0.2) is 0 Å². The van der Waals surface area contributed by atoms with Gasteiger partial charge in [0.05, 0.1) is 11.9 Å². The fraction of sp³-hybridized carbons (Fsp3) is 0.533. The molecule has 2 unspecified atom stereocenters. The normalized spacial score (nSPS) is 23.4. The number of nitrogens with zero attached hydrogens (tertiary/aromatic N) is 1. The summed E-state index contributed by atoms with van der Waals surface area (Å²) in [6, 6.07) is 2.45. The molecule has 0 bridgehead atoms. The Kier molecular flexibility index (Phi) is 4.35. The van der Waals surface area contributed by atoms with Crippen molar-refractivity contribution in [2.24, 2.45) is 11.8 Å². The summed E-state index contributed by atoms with van der Waals surface area (Å²) in [6.45, 7) is 5.08. The number of nitrogens with one attached hydrogen (secondary N) is 1. The number of alkyl halides is 3. The molecule has 20 heavy (non-hydrogen) atoms. The molecule has 1 heterocycles. The van der Waals surface area contributed by atoms with Crippen molar-refractivity contribution in [1.29, 1.82) is 0 Å². The van der Waals surface area contributed by atoms with Crippen LogP contribution in [-0.2, 0) is 6.18 Å². The summed E-state index contributed by atoms with van der Waals surface area (Å²) in [6.07, 6.45) is 1.32. The molecular formula is C15H19F3N2. The molecule has 0 amide bonds. The van der Waals surface area contributed by atoms with E-state index in [4.69, 9.17) is 0 Å². The van der Waals surface area contributed by atoms with Gasteiger partial charge in [0, 0.05) is 6.54 Å². The van der Waals surface area contributed by atoms with Crippen LogP contribution < -0.4 is 5.32 Å². The molecule has 5 heteroatoms. The van der Waals surface area contributed by atoms with Crippen molar-refractivity contribution in [3.63, 3.8) is 0 Å². The minimum absolute atomic E-state index is 0.525. The Morgan fingerprint density at radius 1 is 1.35 bits per heavy atom. The molecule has 0 saturated carbocycles. The van der Waals surface area contributed by atoms with E-state index in [1.165, 1.54) is 17.8 Å². The molecule has 1 aliphatic rings. The van der Waals surface area contributed by atoms with Crippen molar-refractivity contribution in [1.82, 2.24) is 4.98 Å². The van der Waals surface area contributed by atoms with Crippen LogP contribution in [0.1, 0.15) is 32.4 Å². The lowest BCUT2D eigenvalue weighted by atomic mass is 9.84. The molecule has 0 aliphatic heterocycles. The number of rotatable bonds is 3. The Hall–Kier alpha value is -1.52. The Morgan fingerprint density at radius 3 is 2.65 bits per heavy atom. The Labute approximate surface area is 117 Å². The van der Waals surface area contributed by atoms with Gasteiger partial charge in [-0.25, -0.2) is 4.98 Å². The molecule has 0 aromatic carbocycles. The van der Waals surface area contributed by atoms with E-state index < -0.39 is 11.9 Å². The number of aromatic nitrogens is 1. The quantitative estimate of drug-likeness (QED) is 0.826. The van der Waals surface area contributed by atoms with Crippen LogP contribution in [0, 0.1) is 11.8 Å². The maximum atomic E-state index is 12.4. The molecular weight excluding hydrogens is 265 g/mol. The van der Waals surface area contributed by atoms with Gasteiger partial charge in [-0.05, 0) is 43.7 Å². The first kappa shape index (κ1) is 14.9. The molecule has 1 N–H and O–H groups in total. The number of halogens is 3. The van der Waals surface area contributed by atoms with E-state index in [1.807, 2.05) is 0 Å². The fourth-order valence-corrected chi connectivity index (χ4v) is 2.77.